The summed E-state index contributed by atoms with van der Waals surface area (Å²) < 4.78 is 18.5. The van der Waals surface area contributed by atoms with Crippen LogP contribution in [-0.2, 0) is 6.42 Å². The fourth-order valence-electron chi connectivity index (χ4n) is 2.23. The number of hydrogen-bond acceptors (Lipinski definition) is 3. The number of benzene rings is 2. The molecular weight excluding hydrogens is 255 g/mol. The summed E-state index contributed by atoms with van der Waals surface area (Å²) in [6.07, 6.45) is 0.612. The third-order valence-electron chi connectivity index (χ3n) is 3.36. The molecule has 1 atom stereocenters. The molecule has 2 aromatic rings. The molecule has 0 aliphatic carbocycles. The molecule has 0 saturated carbocycles. The van der Waals surface area contributed by atoms with Crippen LogP contribution in [0.25, 0.3) is 0 Å². The largest absolute Gasteiger partial charge is 0.496 e. The molecule has 0 spiro atoms. The lowest BCUT2D eigenvalue weighted by Gasteiger charge is -2.18. The van der Waals surface area contributed by atoms with Crippen molar-refractivity contribution in [3.05, 3.63) is 65.0 Å². The molecule has 1 unspecified atom stereocenters. The maximum atomic E-state index is 13.2. The van der Waals surface area contributed by atoms with Crippen molar-refractivity contribution in [1.29, 1.82) is 0 Å². The molecule has 0 aliphatic heterocycles. The zero-order valence-corrected chi connectivity index (χ0v) is 11.7. The van der Waals surface area contributed by atoms with E-state index in [-0.39, 0.29) is 11.9 Å². The van der Waals surface area contributed by atoms with E-state index in [9.17, 15) is 4.39 Å². The van der Waals surface area contributed by atoms with E-state index in [1.54, 1.807) is 13.2 Å². The molecule has 4 heteroatoms. The highest BCUT2D eigenvalue weighted by molar-refractivity contribution is 5.38. The lowest BCUT2D eigenvalue weighted by Crippen LogP contribution is -2.29. The zero-order valence-electron chi connectivity index (χ0n) is 11.7. The number of nitrogens with one attached hydrogen (secondary N) is 1. The summed E-state index contributed by atoms with van der Waals surface area (Å²) in [4.78, 5) is 0. The van der Waals surface area contributed by atoms with Gasteiger partial charge in [-0.05, 0) is 48.2 Å². The molecule has 0 aromatic heterocycles. The molecule has 0 amide bonds. The van der Waals surface area contributed by atoms with Gasteiger partial charge in [-0.1, -0.05) is 24.3 Å². The van der Waals surface area contributed by atoms with Gasteiger partial charge in [-0.25, -0.2) is 4.39 Å². The van der Waals surface area contributed by atoms with E-state index in [1.807, 2.05) is 31.2 Å². The Hall–Kier alpha value is -1.91. The van der Waals surface area contributed by atoms with Crippen molar-refractivity contribution in [2.75, 3.05) is 7.11 Å². The van der Waals surface area contributed by atoms with E-state index in [0.29, 0.717) is 6.42 Å². The van der Waals surface area contributed by atoms with Crippen molar-refractivity contribution in [1.82, 2.24) is 5.43 Å². The van der Waals surface area contributed by atoms with Gasteiger partial charge in [-0.15, -0.1) is 0 Å². The van der Waals surface area contributed by atoms with Crippen LogP contribution >= 0.6 is 0 Å². The van der Waals surface area contributed by atoms with Gasteiger partial charge < -0.3 is 4.74 Å². The average molecular weight is 274 g/mol. The molecule has 3 N–H and O–H groups in total. The first-order valence-corrected chi connectivity index (χ1v) is 6.49. The number of nitrogens with two attached hydrogens (primary N) is 1. The second-order valence-corrected chi connectivity index (χ2v) is 4.78. The first-order chi connectivity index (χ1) is 9.63. The normalized spacial score (nSPS) is 12.2. The quantitative estimate of drug-likeness (QED) is 0.651. The van der Waals surface area contributed by atoms with E-state index in [1.165, 1.54) is 12.1 Å². The van der Waals surface area contributed by atoms with Crippen LogP contribution < -0.4 is 16.0 Å². The summed E-state index contributed by atoms with van der Waals surface area (Å²) in [5, 5.41) is 0. The highest BCUT2D eigenvalue weighted by Crippen LogP contribution is 2.25. The number of halogens is 1. The Labute approximate surface area is 118 Å². The summed E-state index contributed by atoms with van der Waals surface area (Å²) in [7, 11) is 1.64. The fourth-order valence-corrected chi connectivity index (χ4v) is 2.23. The molecule has 0 heterocycles. The van der Waals surface area contributed by atoms with Gasteiger partial charge in [0.05, 0.1) is 13.2 Å². The molecule has 0 saturated heterocycles. The first kappa shape index (κ1) is 14.5. The molecule has 2 rings (SSSR count). The maximum absolute atomic E-state index is 13.2. The van der Waals surface area contributed by atoms with Crippen LogP contribution in [0.5, 0.6) is 5.75 Å². The molecule has 2 aromatic carbocycles. The van der Waals surface area contributed by atoms with Crippen LogP contribution in [0.2, 0.25) is 0 Å². The lowest BCUT2D eigenvalue weighted by atomic mass is 9.98. The van der Waals surface area contributed by atoms with Gasteiger partial charge in [0.2, 0.25) is 0 Å². The van der Waals surface area contributed by atoms with Crippen molar-refractivity contribution >= 4 is 0 Å². The van der Waals surface area contributed by atoms with Gasteiger partial charge >= 0.3 is 0 Å². The van der Waals surface area contributed by atoms with Gasteiger partial charge in [-0.3, -0.25) is 11.3 Å². The SMILES string of the molecule is COc1cc(C(Cc2cccc(F)c2)NN)ccc1C. The molecule has 0 aliphatic rings. The number of rotatable bonds is 5. The Kier molecular flexibility index (Phi) is 4.71. The fraction of sp³-hybridized carbons (Fsp3) is 0.250. The lowest BCUT2D eigenvalue weighted by molar-refractivity contribution is 0.410. The van der Waals surface area contributed by atoms with E-state index in [0.717, 1.165) is 22.4 Å². The smallest absolute Gasteiger partial charge is 0.123 e. The molecule has 106 valence electrons. The summed E-state index contributed by atoms with van der Waals surface area (Å²) in [6.45, 7) is 1.99. The Morgan fingerprint density at radius 1 is 1.25 bits per heavy atom. The van der Waals surface area contributed by atoms with Crippen LogP contribution in [0.1, 0.15) is 22.7 Å². The van der Waals surface area contributed by atoms with Crippen molar-refractivity contribution in [2.45, 2.75) is 19.4 Å². The second-order valence-electron chi connectivity index (χ2n) is 4.78. The van der Waals surface area contributed by atoms with Gasteiger partial charge in [0, 0.05) is 0 Å². The number of ether oxygens (including phenoxy) is 1. The van der Waals surface area contributed by atoms with Crippen molar-refractivity contribution in [3.63, 3.8) is 0 Å². The van der Waals surface area contributed by atoms with Gasteiger partial charge in [-0.2, -0.15) is 0 Å². The van der Waals surface area contributed by atoms with Crippen LogP contribution in [0.15, 0.2) is 42.5 Å². The summed E-state index contributed by atoms with van der Waals surface area (Å²) in [5.74, 6) is 6.22. The predicted molar refractivity (Wildman–Crippen MR) is 77.9 cm³/mol. The van der Waals surface area contributed by atoms with E-state index >= 15 is 0 Å². The Bertz CT molecular complexity index is 586. The molecule has 0 fully saturated rings. The molecular formula is C16H19FN2O. The third-order valence-corrected chi connectivity index (χ3v) is 3.36. The first-order valence-electron chi connectivity index (χ1n) is 6.49. The molecule has 20 heavy (non-hydrogen) atoms. The van der Waals surface area contributed by atoms with Crippen molar-refractivity contribution in [3.8, 4) is 5.75 Å². The second kappa shape index (κ2) is 6.50. The van der Waals surface area contributed by atoms with E-state index in [4.69, 9.17) is 10.6 Å². The minimum absolute atomic E-state index is 0.0914. The topological polar surface area (TPSA) is 47.3 Å². The number of hydrazine groups is 1. The summed E-state index contributed by atoms with van der Waals surface area (Å²) in [5.41, 5.74) is 5.76. The van der Waals surface area contributed by atoms with Crippen LogP contribution in [0, 0.1) is 12.7 Å². The van der Waals surface area contributed by atoms with Crippen molar-refractivity contribution in [2.24, 2.45) is 5.84 Å². The Morgan fingerprint density at radius 2 is 2.05 bits per heavy atom. The van der Waals surface area contributed by atoms with Gasteiger partial charge in [0.15, 0.2) is 0 Å². The highest BCUT2D eigenvalue weighted by Gasteiger charge is 2.12. The minimum Gasteiger partial charge on any atom is -0.496 e. The average Bonchev–Trinajstić information content (AvgIpc) is 2.45. The van der Waals surface area contributed by atoms with Crippen LogP contribution in [0.3, 0.4) is 0 Å². The van der Waals surface area contributed by atoms with Gasteiger partial charge in [0.25, 0.3) is 0 Å². The molecule has 3 nitrogen and oxygen atoms in total. The van der Waals surface area contributed by atoms with E-state index < -0.39 is 0 Å². The number of hydrogen-bond donors (Lipinski definition) is 2. The zero-order chi connectivity index (χ0) is 14.5. The Balaban J connectivity index is 2.24. The maximum Gasteiger partial charge on any atom is 0.123 e. The van der Waals surface area contributed by atoms with Crippen LogP contribution in [0.4, 0.5) is 4.39 Å². The highest BCUT2D eigenvalue weighted by atomic mass is 19.1. The standard InChI is InChI=1S/C16H19FN2O/c1-11-6-7-13(10-16(11)20-2)15(19-18)9-12-4-3-5-14(17)8-12/h3-8,10,15,19H,9,18H2,1-2H3. The number of aryl methyl sites for hydroxylation is 1. The van der Waals surface area contributed by atoms with Crippen LogP contribution in [-0.4, -0.2) is 7.11 Å². The Morgan fingerprint density at radius 3 is 2.70 bits per heavy atom. The molecule has 0 radical (unpaired) electrons. The van der Waals surface area contributed by atoms with E-state index in [2.05, 4.69) is 5.43 Å². The minimum atomic E-state index is -0.236. The third kappa shape index (κ3) is 3.35. The monoisotopic (exact) mass is 274 g/mol. The van der Waals surface area contributed by atoms with Gasteiger partial charge in [0.1, 0.15) is 11.6 Å². The van der Waals surface area contributed by atoms with Crippen molar-refractivity contribution < 1.29 is 9.13 Å². The summed E-state index contributed by atoms with van der Waals surface area (Å²) >= 11 is 0. The molecule has 0 bridgehead atoms. The summed E-state index contributed by atoms with van der Waals surface area (Å²) in [6, 6.07) is 12.4. The predicted octanol–water partition coefficient (Wildman–Crippen LogP) is 2.89. The number of methoxy groups -OCH3 is 1.